The zero-order chi connectivity index (χ0) is 49.8. The summed E-state index contributed by atoms with van der Waals surface area (Å²) in [4.78, 5) is 44.9. The Kier molecular flexibility index (Phi) is 19.7. The Bertz CT molecular complexity index is 3830. The van der Waals surface area contributed by atoms with Crippen LogP contribution in [0.4, 0.5) is 45.5 Å². The number of fused-ring (bicyclic) bond motifs is 1. The van der Waals surface area contributed by atoms with Crippen LogP contribution in [0, 0.1) is 6.92 Å². The van der Waals surface area contributed by atoms with Crippen LogP contribution in [-0.4, -0.2) is 81.9 Å². The largest absolute Gasteiger partial charge is 1.00 e. The molecular weight excluding hydrogens is 1060 g/mol. The van der Waals surface area contributed by atoms with Crippen LogP contribution in [0.1, 0.15) is 19.4 Å². The van der Waals surface area contributed by atoms with Crippen molar-refractivity contribution < 1.29 is 148 Å². The number of benzene rings is 5. The van der Waals surface area contributed by atoms with Crippen molar-refractivity contribution >= 4 is 112 Å². The summed E-state index contributed by atoms with van der Waals surface area (Å²) in [5, 5.41) is 31.4. The fourth-order valence-corrected chi connectivity index (χ4v) is 8.10. The second kappa shape index (κ2) is 24.4. The first-order valence-corrected chi connectivity index (χ1v) is 23.1. The van der Waals surface area contributed by atoms with E-state index in [1.54, 1.807) is 36.4 Å². The Morgan fingerprint density at radius 1 is 0.577 bits per heavy atom. The molecule has 0 radical (unpaired) electrons. The topological polar surface area (TPSA) is 361 Å². The van der Waals surface area contributed by atoms with Crippen LogP contribution in [-0.2, 0) is 20.2 Å². The third-order valence-corrected chi connectivity index (χ3v) is 11.3. The van der Waals surface area contributed by atoms with Gasteiger partial charge in [0.1, 0.15) is 38.4 Å². The first kappa shape index (κ1) is 57.3. The quantitative estimate of drug-likeness (QED) is 0.0289. The van der Waals surface area contributed by atoms with E-state index in [4.69, 9.17) is 32.7 Å². The van der Waals surface area contributed by atoms with Crippen LogP contribution < -0.4 is 145 Å². The molecule has 0 aliphatic heterocycles. The molecule has 6 N–H and O–H groups in total. The normalized spacial score (nSPS) is 13.4. The predicted molar refractivity (Wildman–Crippen MR) is 247 cm³/mol. The van der Waals surface area contributed by atoms with E-state index in [0.717, 1.165) is 23.8 Å². The van der Waals surface area contributed by atoms with Gasteiger partial charge in [-0.2, -0.15) is 31.9 Å². The average molecular weight is 1100 g/mol. The Hall–Kier alpha value is -4.61. The van der Waals surface area contributed by atoms with Crippen LogP contribution in [0.2, 0.25) is 10.6 Å². The number of methoxy groups -OCH3 is 2. The van der Waals surface area contributed by atoms with Gasteiger partial charge in [0, 0.05) is 16.8 Å². The smallest absolute Gasteiger partial charge is 0.862 e. The number of nitrogens with zero attached hydrogens (tertiary/aromatic N) is 10. The average Bonchev–Trinajstić information content (AvgIpc) is 3.25. The Morgan fingerprint density at radius 3 is 1.75 bits per heavy atom. The van der Waals surface area contributed by atoms with Gasteiger partial charge in [-0.05, 0) is 116 Å². The van der Waals surface area contributed by atoms with Crippen LogP contribution in [0.3, 0.4) is 0 Å². The third-order valence-electron chi connectivity index (χ3n) is 9.09. The molecule has 0 unspecified atom stereocenters. The molecule has 0 saturated heterocycles. The standard InChI is InChI=1S/C41H36Cl2N14O10S2.2K/c1-19-9-11-26(46-38-50-36(42)52-40(54-38)48-30-15-22(44-20(2)58)10-12-32(30)66-4)27(13-19)47-39-51-37(43)53-41(55-39)49-31-17-28(45-21(3)59)29(18-33(31)67-5)57-56-23-14-25-24(35(16-23)69(63,64)65)7-6-8-34(25)68(60,61)62;;/h6-18H,1-5H3,(H,44,58)(H,45,59)(H,60,61,62)(H,63,64,65)(H2,46,48,50,52,54)(H2,47,49,51,53,55);;/q;2*+1/p-2. The second-order valence-electron chi connectivity index (χ2n) is 14.2. The summed E-state index contributed by atoms with van der Waals surface area (Å²) in [5.74, 6) is -0.629. The number of aromatic amines is 4. The number of hydrogen-bond acceptors (Lipinski definition) is 18. The number of nitrogens with one attached hydrogen (secondary N) is 4. The van der Waals surface area contributed by atoms with E-state index >= 15 is 0 Å². The van der Waals surface area contributed by atoms with Gasteiger partial charge in [0.15, 0.2) is 0 Å². The number of aryl methyl sites for hydroxylation is 1. The van der Waals surface area contributed by atoms with Crippen molar-refractivity contribution in [1.82, 2.24) is 29.9 Å². The molecule has 71 heavy (non-hydrogen) atoms. The molecule has 356 valence electrons. The molecule has 7 aromatic rings. The van der Waals surface area contributed by atoms with E-state index in [2.05, 4.69) is 70.1 Å². The molecule has 0 aliphatic carbocycles. The molecule has 0 saturated carbocycles. The van der Waals surface area contributed by atoms with E-state index in [1.165, 1.54) is 52.3 Å². The monoisotopic (exact) mass is 1090 g/mol. The Labute approximate surface area is 497 Å². The molecule has 0 bridgehead atoms. The molecule has 2 heterocycles. The molecular formula is C41H34Cl2K2N14O10S2. The van der Waals surface area contributed by atoms with Crippen LogP contribution >= 0.6 is 23.2 Å². The summed E-state index contributed by atoms with van der Waals surface area (Å²) in [5.41, 5.74) is 1.73. The van der Waals surface area contributed by atoms with Crippen LogP contribution in [0.25, 0.3) is 10.8 Å². The van der Waals surface area contributed by atoms with Gasteiger partial charge < -0.3 is 29.7 Å². The number of ether oxygens (including phenoxy) is 2. The number of aliphatic imine (C=N–C) groups is 2. The minimum Gasteiger partial charge on any atom is -0.862 e. The maximum absolute atomic E-state index is 12.4. The number of rotatable bonds is 12. The fourth-order valence-electron chi connectivity index (χ4n) is 6.34. The Morgan fingerprint density at radius 2 is 1.17 bits per heavy atom. The summed E-state index contributed by atoms with van der Waals surface area (Å²) in [6, 6.07) is 18.1. The summed E-state index contributed by atoms with van der Waals surface area (Å²) < 4.78 is 79.9. The van der Waals surface area contributed by atoms with Crippen molar-refractivity contribution in [2.45, 2.75) is 30.6 Å². The number of azo groups is 1. The molecule has 5 aromatic carbocycles. The molecule has 0 atom stereocenters. The molecule has 0 amide bonds. The van der Waals surface area contributed by atoms with Crippen LogP contribution in [0.5, 0.6) is 11.5 Å². The van der Waals surface area contributed by atoms with Crippen molar-refractivity contribution in [2.75, 3.05) is 14.2 Å². The number of halogens is 2. The predicted octanol–water partition coefficient (Wildman–Crippen LogP) is -0.759. The molecule has 24 nitrogen and oxygen atoms in total. The van der Waals surface area contributed by atoms with Gasteiger partial charge in [-0.25, -0.2) is 20.0 Å². The number of H-pyrrole nitrogens is 4. The van der Waals surface area contributed by atoms with Crippen molar-refractivity contribution in [3.8, 4) is 11.5 Å². The van der Waals surface area contributed by atoms with Gasteiger partial charge in [-0.1, -0.05) is 18.2 Å². The van der Waals surface area contributed by atoms with Gasteiger partial charge in [-0.15, -0.1) is 5.11 Å². The van der Waals surface area contributed by atoms with Gasteiger partial charge in [0.25, 0.3) is 20.2 Å². The third kappa shape index (κ3) is 15.0. The summed E-state index contributed by atoms with van der Waals surface area (Å²) in [7, 11) is -7.05. The second-order valence-corrected chi connectivity index (χ2v) is 17.7. The van der Waals surface area contributed by atoms with E-state index in [0.29, 0.717) is 28.5 Å². The van der Waals surface area contributed by atoms with E-state index in [1.807, 2.05) is 6.92 Å². The summed E-state index contributed by atoms with van der Waals surface area (Å²) in [6.45, 7) is 4.33. The van der Waals surface area contributed by atoms with Crippen molar-refractivity contribution in [1.29, 1.82) is 0 Å². The SMILES string of the molecule is COc1ccc(N=C(C)[O-])cc1N=c1[nH]c(Cl)nc(=Nc2ccc(C)cc2N=c2nc(Cl)[nH]c(=Nc3cc(N=C(C)[O-])c(N=Nc4cc(S(=O)(=O)O)c5cccc(S(=O)(=O)O)c5c4)cc3OC)[nH]2)[nH]1.[K+].[K+]. The first-order valence-electron chi connectivity index (χ1n) is 19.5. The minimum atomic E-state index is -4.96. The van der Waals surface area contributed by atoms with Gasteiger partial charge in [-0.3, -0.25) is 29.1 Å². The summed E-state index contributed by atoms with van der Waals surface area (Å²) >= 11 is 12.8. The maximum atomic E-state index is 12.4. The van der Waals surface area contributed by atoms with Crippen molar-refractivity contribution in [2.24, 2.45) is 40.2 Å². The molecule has 0 aliphatic rings. The fraction of sp³-hybridized carbons (Fsp3) is 0.122. The van der Waals surface area contributed by atoms with E-state index in [-0.39, 0.29) is 175 Å². The van der Waals surface area contributed by atoms with E-state index < -0.39 is 41.8 Å². The van der Waals surface area contributed by atoms with Crippen LogP contribution in [0.15, 0.2) is 129 Å². The number of hydrogen-bond donors (Lipinski definition) is 6. The minimum absolute atomic E-state index is 0. The molecule has 0 fully saturated rings. The molecule has 0 spiro atoms. The van der Waals surface area contributed by atoms with E-state index in [9.17, 15) is 36.2 Å². The molecule has 30 heteroatoms. The number of aromatic nitrogens is 6. The zero-order valence-electron chi connectivity index (χ0n) is 38.2. The summed E-state index contributed by atoms with van der Waals surface area (Å²) in [6.07, 6.45) is 0. The molecule has 2 aromatic heterocycles. The van der Waals surface area contributed by atoms with Gasteiger partial charge in [0.2, 0.25) is 33.0 Å². The first-order chi connectivity index (χ1) is 32.6. The maximum Gasteiger partial charge on any atom is 1.00 e. The molecule has 7 rings (SSSR count). The van der Waals surface area contributed by atoms with Crippen molar-refractivity contribution in [3.05, 3.63) is 117 Å². The Balaban J connectivity index is 0.00000469. The zero-order valence-corrected chi connectivity index (χ0v) is 47.6. The van der Waals surface area contributed by atoms with Gasteiger partial charge in [0.05, 0.1) is 42.7 Å². The van der Waals surface area contributed by atoms with Crippen molar-refractivity contribution in [3.63, 3.8) is 0 Å². The van der Waals surface area contributed by atoms with Gasteiger partial charge >= 0.3 is 103 Å².